The van der Waals surface area contributed by atoms with Gasteiger partial charge in [0.15, 0.2) is 0 Å². The maximum atomic E-state index is 12.3. The Labute approximate surface area is 114 Å². The van der Waals surface area contributed by atoms with Gasteiger partial charge in [-0.25, -0.2) is 0 Å². The minimum Gasteiger partial charge on any atom is -0.396 e. The van der Waals surface area contributed by atoms with E-state index in [4.69, 9.17) is 5.73 Å². The van der Waals surface area contributed by atoms with Crippen molar-refractivity contribution in [2.75, 3.05) is 19.7 Å². The van der Waals surface area contributed by atoms with Crippen molar-refractivity contribution in [1.82, 2.24) is 4.90 Å². The minimum absolute atomic E-state index is 0.00185. The molecule has 1 fully saturated rings. The molecule has 1 unspecified atom stereocenters. The molecule has 1 aromatic carbocycles. The van der Waals surface area contributed by atoms with Crippen LogP contribution in [0.4, 0.5) is 0 Å². The molecule has 19 heavy (non-hydrogen) atoms. The first-order chi connectivity index (χ1) is 9.20. The van der Waals surface area contributed by atoms with Crippen molar-refractivity contribution < 1.29 is 9.90 Å². The number of hydrogen-bond donors (Lipinski definition) is 2. The summed E-state index contributed by atoms with van der Waals surface area (Å²) < 4.78 is 0. The quantitative estimate of drug-likeness (QED) is 0.843. The minimum atomic E-state index is -0.486. The van der Waals surface area contributed by atoms with Crippen LogP contribution >= 0.6 is 0 Å². The molecule has 1 heterocycles. The molecule has 4 nitrogen and oxygen atoms in total. The second kappa shape index (κ2) is 6.68. The van der Waals surface area contributed by atoms with Crippen molar-refractivity contribution in [2.24, 2.45) is 11.7 Å². The summed E-state index contributed by atoms with van der Waals surface area (Å²) in [6, 6.07) is 9.34. The van der Waals surface area contributed by atoms with Crippen LogP contribution < -0.4 is 5.73 Å². The number of likely N-dealkylation sites (tertiary alicyclic amines) is 1. The lowest BCUT2D eigenvalue weighted by Gasteiger charge is -2.33. The molecule has 2 rings (SSSR count). The van der Waals surface area contributed by atoms with E-state index in [2.05, 4.69) is 0 Å². The number of benzene rings is 1. The number of amides is 1. The molecule has 0 bridgehead atoms. The number of nitrogens with zero attached hydrogens (tertiary/aromatic N) is 1. The molecule has 1 aliphatic heterocycles. The molecular formula is C15H22N2O2. The summed E-state index contributed by atoms with van der Waals surface area (Å²) in [6.45, 7) is 1.55. The molecule has 0 radical (unpaired) electrons. The van der Waals surface area contributed by atoms with Gasteiger partial charge in [0, 0.05) is 19.7 Å². The molecule has 0 spiro atoms. The van der Waals surface area contributed by atoms with Gasteiger partial charge in [-0.3, -0.25) is 4.79 Å². The van der Waals surface area contributed by atoms with Crippen LogP contribution in [0.15, 0.2) is 30.3 Å². The van der Waals surface area contributed by atoms with E-state index in [1.54, 1.807) is 4.90 Å². The smallest absolute Gasteiger partial charge is 0.239 e. The third kappa shape index (κ3) is 3.78. The van der Waals surface area contributed by atoms with E-state index in [1.807, 2.05) is 30.3 Å². The number of rotatable bonds is 4. The maximum Gasteiger partial charge on any atom is 0.239 e. The van der Waals surface area contributed by atoms with Crippen molar-refractivity contribution in [3.8, 4) is 0 Å². The zero-order valence-electron chi connectivity index (χ0n) is 11.2. The summed E-state index contributed by atoms with van der Waals surface area (Å²) in [5.74, 6) is 0.212. The Morgan fingerprint density at radius 3 is 2.84 bits per heavy atom. The van der Waals surface area contributed by atoms with Gasteiger partial charge in [-0.05, 0) is 30.7 Å². The number of nitrogens with two attached hydrogens (primary N) is 1. The van der Waals surface area contributed by atoms with Crippen LogP contribution in [0.2, 0.25) is 0 Å². The highest BCUT2D eigenvalue weighted by molar-refractivity contribution is 5.82. The molecule has 1 aromatic rings. The van der Waals surface area contributed by atoms with Gasteiger partial charge < -0.3 is 15.7 Å². The topological polar surface area (TPSA) is 66.6 Å². The molecule has 0 aliphatic carbocycles. The lowest BCUT2D eigenvalue weighted by molar-refractivity contribution is -0.134. The first kappa shape index (κ1) is 14.0. The van der Waals surface area contributed by atoms with Gasteiger partial charge >= 0.3 is 0 Å². The number of hydrogen-bond acceptors (Lipinski definition) is 3. The van der Waals surface area contributed by atoms with Crippen molar-refractivity contribution in [1.29, 1.82) is 0 Å². The average Bonchev–Trinajstić information content (AvgIpc) is 2.47. The maximum absolute atomic E-state index is 12.3. The zero-order valence-corrected chi connectivity index (χ0v) is 11.2. The van der Waals surface area contributed by atoms with Gasteiger partial charge in [0.05, 0.1) is 6.04 Å². The summed E-state index contributed by atoms with van der Waals surface area (Å²) >= 11 is 0. The number of carbonyl (C=O) groups is 1. The normalized spacial score (nSPS) is 21.2. The number of piperidine rings is 1. The second-order valence-electron chi connectivity index (χ2n) is 5.27. The standard InChI is InChI=1S/C15H22N2O2/c16-14(9-12-5-2-1-3-6-12)15(19)17-8-4-7-13(10-17)11-18/h1-3,5-6,13-14,18H,4,7-11,16H2/t13?,14-/m1/s1. The van der Waals surface area contributed by atoms with Crippen LogP contribution in [-0.2, 0) is 11.2 Å². The van der Waals surface area contributed by atoms with Gasteiger partial charge in [0.2, 0.25) is 5.91 Å². The van der Waals surface area contributed by atoms with Crippen LogP contribution in [0.5, 0.6) is 0 Å². The summed E-state index contributed by atoms with van der Waals surface area (Å²) in [6.07, 6.45) is 2.52. The Morgan fingerprint density at radius 1 is 1.42 bits per heavy atom. The number of aliphatic hydroxyl groups excluding tert-OH is 1. The Kier molecular flexibility index (Phi) is 4.93. The van der Waals surface area contributed by atoms with Crippen LogP contribution in [0.1, 0.15) is 18.4 Å². The van der Waals surface area contributed by atoms with E-state index in [0.717, 1.165) is 24.9 Å². The summed E-state index contributed by atoms with van der Waals surface area (Å²) in [4.78, 5) is 14.1. The first-order valence-corrected chi connectivity index (χ1v) is 6.90. The molecule has 0 saturated carbocycles. The lowest BCUT2D eigenvalue weighted by Crippen LogP contribution is -2.49. The van der Waals surface area contributed by atoms with Crippen LogP contribution in [0.3, 0.4) is 0 Å². The molecule has 104 valence electrons. The number of carbonyl (C=O) groups excluding carboxylic acids is 1. The molecule has 3 N–H and O–H groups in total. The largest absolute Gasteiger partial charge is 0.396 e. The SMILES string of the molecule is N[C@H](Cc1ccccc1)C(=O)N1CCCC(CO)C1. The fourth-order valence-electron chi connectivity index (χ4n) is 2.60. The highest BCUT2D eigenvalue weighted by Crippen LogP contribution is 2.17. The fraction of sp³-hybridized carbons (Fsp3) is 0.533. The zero-order chi connectivity index (χ0) is 13.7. The predicted molar refractivity (Wildman–Crippen MR) is 74.5 cm³/mol. The highest BCUT2D eigenvalue weighted by atomic mass is 16.3. The van der Waals surface area contributed by atoms with Crippen molar-refractivity contribution in [3.05, 3.63) is 35.9 Å². The number of aliphatic hydroxyl groups is 1. The Balaban J connectivity index is 1.91. The Hall–Kier alpha value is -1.39. The van der Waals surface area contributed by atoms with Gasteiger partial charge in [-0.1, -0.05) is 30.3 Å². The molecule has 0 aromatic heterocycles. The molecule has 2 atom stereocenters. The van der Waals surface area contributed by atoms with Crippen molar-refractivity contribution >= 4 is 5.91 Å². The van der Waals surface area contributed by atoms with Crippen molar-refractivity contribution in [2.45, 2.75) is 25.3 Å². The molecular weight excluding hydrogens is 240 g/mol. The molecule has 4 heteroatoms. The van der Waals surface area contributed by atoms with E-state index in [9.17, 15) is 9.90 Å². The lowest BCUT2D eigenvalue weighted by atomic mass is 9.97. The molecule has 1 saturated heterocycles. The molecule has 1 amide bonds. The molecule has 1 aliphatic rings. The summed E-state index contributed by atoms with van der Waals surface area (Å²) in [5, 5.41) is 9.20. The Morgan fingerprint density at radius 2 is 2.16 bits per heavy atom. The third-order valence-electron chi connectivity index (χ3n) is 3.70. The summed E-state index contributed by atoms with van der Waals surface area (Å²) in [5.41, 5.74) is 7.10. The average molecular weight is 262 g/mol. The first-order valence-electron chi connectivity index (χ1n) is 6.90. The highest BCUT2D eigenvalue weighted by Gasteiger charge is 2.26. The van der Waals surface area contributed by atoms with Crippen LogP contribution in [0, 0.1) is 5.92 Å². The van der Waals surface area contributed by atoms with E-state index in [0.29, 0.717) is 13.0 Å². The van der Waals surface area contributed by atoms with Gasteiger partial charge in [0.1, 0.15) is 0 Å². The van der Waals surface area contributed by atoms with Gasteiger partial charge in [-0.15, -0.1) is 0 Å². The van der Waals surface area contributed by atoms with Gasteiger partial charge in [0.25, 0.3) is 0 Å². The monoisotopic (exact) mass is 262 g/mol. The van der Waals surface area contributed by atoms with Crippen LogP contribution in [0.25, 0.3) is 0 Å². The van der Waals surface area contributed by atoms with E-state index in [-0.39, 0.29) is 18.4 Å². The van der Waals surface area contributed by atoms with E-state index in [1.165, 1.54) is 0 Å². The van der Waals surface area contributed by atoms with Crippen molar-refractivity contribution in [3.63, 3.8) is 0 Å². The van der Waals surface area contributed by atoms with Crippen LogP contribution in [-0.4, -0.2) is 41.7 Å². The fourth-order valence-corrected chi connectivity index (χ4v) is 2.60. The van der Waals surface area contributed by atoms with E-state index < -0.39 is 6.04 Å². The third-order valence-corrected chi connectivity index (χ3v) is 3.70. The second-order valence-corrected chi connectivity index (χ2v) is 5.27. The Bertz CT molecular complexity index is 408. The van der Waals surface area contributed by atoms with Gasteiger partial charge in [-0.2, -0.15) is 0 Å². The van der Waals surface area contributed by atoms with E-state index >= 15 is 0 Å². The summed E-state index contributed by atoms with van der Waals surface area (Å²) in [7, 11) is 0. The predicted octanol–water partition coefficient (Wildman–Crippen LogP) is 0.787.